The molecule has 0 saturated heterocycles. The van der Waals surface area contributed by atoms with Gasteiger partial charge in [0.15, 0.2) is 0 Å². The van der Waals surface area contributed by atoms with Gasteiger partial charge < -0.3 is 15.2 Å². The first-order valence-corrected chi connectivity index (χ1v) is 6.17. The number of ether oxygens (including phenoxy) is 1. The van der Waals surface area contributed by atoms with E-state index in [4.69, 9.17) is 4.74 Å². The second kappa shape index (κ2) is 8.22. The van der Waals surface area contributed by atoms with Crippen LogP contribution in [-0.4, -0.2) is 40.7 Å². The zero-order valence-corrected chi connectivity index (χ0v) is 10.7. The third kappa shape index (κ3) is 5.81. The molecule has 17 heavy (non-hydrogen) atoms. The van der Waals surface area contributed by atoms with E-state index in [0.717, 1.165) is 25.1 Å². The molecule has 5 heteroatoms. The van der Waals surface area contributed by atoms with E-state index in [2.05, 4.69) is 17.3 Å². The molecule has 0 fully saturated rings. The highest BCUT2D eigenvalue weighted by Crippen LogP contribution is 1.95. The van der Waals surface area contributed by atoms with Crippen molar-refractivity contribution < 1.29 is 9.84 Å². The molecule has 1 heterocycles. The maximum Gasteiger partial charge on any atom is 0.0897 e. The Morgan fingerprint density at radius 3 is 3.06 bits per heavy atom. The van der Waals surface area contributed by atoms with E-state index in [1.165, 1.54) is 0 Å². The smallest absolute Gasteiger partial charge is 0.0897 e. The van der Waals surface area contributed by atoms with Crippen molar-refractivity contribution in [3.05, 3.63) is 18.0 Å². The quantitative estimate of drug-likeness (QED) is 0.624. The van der Waals surface area contributed by atoms with Gasteiger partial charge in [-0.15, -0.1) is 0 Å². The summed E-state index contributed by atoms with van der Waals surface area (Å²) < 4.78 is 7.16. The van der Waals surface area contributed by atoms with Gasteiger partial charge in [-0.25, -0.2) is 0 Å². The van der Waals surface area contributed by atoms with Gasteiger partial charge in [-0.1, -0.05) is 13.3 Å². The lowest BCUT2D eigenvalue weighted by atomic mass is 10.3. The van der Waals surface area contributed by atoms with Crippen LogP contribution in [0.25, 0.3) is 0 Å². The number of hydrogen-bond donors (Lipinski definition) is 2. The minimum Gasteiger partial charge on any atom is -0.389 e. The summed E-state index contributed by atoms with van der Waals surface area (Å²) >= 11 is 0. The van der Waals surface area contributed by atoms with Crippen molar-refractivity contribution in [3.8, 4) is 0 Å². The van der Waals surface area contributed by atoms with Crippen molar-refractivity contribution in [1.82, 2.24) is 15.1 Å². The zero-order chi connectivity index (χ0) is 12.5. The van der Waals surface area contributed by atoms with Gasteiger partial charge in [0.1, 0.15) is 0 Å². The molecule has 5 nitrogen and oxygen atoms in total. The molecule has 2 N–H and O–H groups in total. The van der Waals surface area contributed by atoms with Gasteiger partial charge in [-0.3, -0.25) is 4.68 Å². The topological polar surface area (TPSA) is 59.3 Å². The summed E-state index contributed by atoms with van der Waals surface area (Å²) in [5.74, 6) is 0. The number of rotatable bonds is 9. The van der Waals surface area contributed by atoms with Crippen molar-refractivity contribution in [2.45, 2.75) is 32.4 Å². The Balaban J connectivity index is 2.04. The largest absolute Gasteiger partial charge is 0.389 e. The van der Waals surface area contributed by atoms with Gasteiger partial charge in [0, 0.05) is 32.9 Å². The summed E-state index contributed by atoms with van der Waals surface area (Å²) in [6.45, 7) is 4.50. The van der Waals surface area contributed by atoms with Crippen molar-refractivity contribution in [1.29, 1.82) is 0 Å². The summed E-state index contributed by atoms with van der Waals surface area (Å²) in [5, 5.41) is 16.9. The average Bonchev–Trinajstić information content (AvgIpc) is 2.71. The summed E-state index contributed by atoms with van der Waals surface area (Å²) in [4.78, 5) is 0. The first kappa shape index (κ1) is 14.2. The van der Waals surface area contributed by atoms with Gasteiger partial charge in [-0.2, -0.15) is 5.10 Å². The molecular formula is C12H23N3O2. The van der Waals surface area contributed by atoms with Gasteiger partial charge in [0.2, 0.25) is 0 Å². The molecule has 1 aromatic rings. The standard InChI is InChI=1S/C12H23N3O2/c1-3-4-7-17-10-12(16)9-13-8-11-5-6-14-15(11)2/h5-6,12-13,16H,3-4,7-10H2,1-2H3. The highest BCUT2D eigenvalue weighted by Gasteiger charge is 2.04. The highest BCUT2D eigenvalue weighted by atomic mass is 16.5. The number of unbranched alkanes of at least 4 members (excludes halogenated alkanes) is 1. The third-order valence-electron chi connectivity index (χ3n) is 2.56. The molecule has 98 valence electrons. The second-order valence-corrected chi connectivity index (χ2v) is 4.16. The molecule has 0 bridgehead atoms. The number of aryl methyl sites for hydroxylation is 1. The maximum absolute atomic E-state index is 9.64. The van der Waals surface area contributed by atoms with Gasteiger partial charge in [0.05, 0.1) is 18.4 Å². The Labute approximate surface area is 103 Å². The lowest BCUT2D eigenvalue weighted by Crippen LogP contribution is -2.30. The van der Waals surface area contributed by atoms with Crippen LogP contribution in [0.3, 0.4) is 0 Å². The Bertz CT molecular complexity index is 302. The average molecular weight is 241 g/mol. The van der Waals surface area contributed by atoms with Crippen LogP contribution in [-0.2, 0) is 18.3 Å². The molecular weight excluding hydrogens is 218 g/mol. The monoisotopic (exact) mass is 241 g/mol. The fraction of sp³-hybridized carbons (Fsp3) is 0.750. The Kier molecular flexibility index (Phi) is 6.84. The first-order chi connectivity index (χ1) is 8.24. The lowest BCUT2D eigenvalue weighted by Gasteiger charge is -2.12. The van der Waals surface area contributed by atoms with Crippen LogP contribution in [0.1, 0.15) is 25.5 Å². The number of hydrogen-bond acceptors (Lipinski definition) is 4. The summed E-state index contributed by atoms with van der Waals surface area (Å²) in [5.41, 5.74) is 1.10. The van der Waals surface area contributed by atoms with Gasteiger partial charge >= 0.3 is 0 Å². The van der Waals surface area contributed by atoms with E-state index in [9.17, 15) is 5.11 Å². The third-order valence-corrected chi connectivity index (χ3v) is 2.56. The number of nitrogens with one attached hydrogen (secondary N) is 1. The molecule has 0 aliphatic carbocycles. The predicted octanol–water partition coefficient (Wildman–Crippen LogP) is 0.687. The molecule has 0 aliphatic heterocycles. The summed E-state index contributed by atoms with van der Waals surface area (Å²) in [7, 11) is 1.90. The fourth-order valence-corrected chi connectivity index (χ4v) is 1.47. The molecule has 1 aromatic heterocycles. The molecule has 0 radical (unpaired) electrons. The first-order valence-electron chi connectivity index (χ1n) is 6.17. The van der Waals surface area contributed by atoms with E-state index >= 15 is 0 Å². The highest BCUT2D eigenvalue weighted by molar-refractivity contribution is 4.99. The molecule has 0 aromatic carbocycles. The van der Waals surface area contributed by atoms with E-state index in [-0.39, 0.29) is 0 Å². The molecule has 0 saturated carbocycles. The van der Waals surface area contributed by atoms with Crippen molar-refractivity contribution >= 4 is 0 Å². The maximum atomic E-state index is 9.64. The molecule has 0 spiro atoms. The van der Waals surface area contributed by atoms with E-state index in [1.807, 2.05) is 17.8 Å². The predicted molar refractivity (Wildman–Crippen MR) is 66.6 cm³/mol. The van der Waals surface area contributed by atoms with Crippen LogP contribution >= 0.6 is 0 Å². The Morgan fingerprint density at radius 2 is 2.41 bits per heavy atom. The summed E-state index contributed by atoms with van der Waals surface area (Å²) in [6.07, 6.45) is 3.49. The van der Waals surface area contributed by atoms with Gasteiger partial charge in [-0.05, 0) is 12.5 Å². The zero-order valence-electron chi connectivity index (χ0n) is 10.7. The minimum absolute atomic E-state index is 0.401. The molecule has 1 atom stereocenters. The molecule has 1 unspecified atom stereocenters. The van der Waals surface area contributed by atoms with Crippen molar-refractivity contribution in [2.24, 2.45) is 7.05 Å². The molecule has 1 rings (SSSR count). The summed E-state index contributed by atoms with van der Waals surface area (Å²) in [6, 6.07) is 1.96. The van der Waals surface area contributed by atoms with Crippen LogP contribution in [0.15, 0.2) is 12.3 Å². The number of aliphatic hydroxyl groups is 1. The van der Waals surface area contributed by atoms with Crippen LogP contribution in [0.4, 0.5) is 0 Å². The van der Waals surface area contributed by atoms with E-state index in [1.54, 1.807) is 6.20 Å². The van der Waals surface area contributed by atoms with Crippen LogP contribution in [0.2, 0.25) is 0 Å². The second-order valence-electron chi connectivity index (χ2n) is 4.16. The normalized spacial score (nSPS) is 12.9. The Morgan fingerprint density at radius 1 is 1.59 bits per heavy atom. The molecule has 0 aliphatic rings. The molecule has 0 amide bonds. The van der Waals surface area contributed by atoms with E-state index < -0.39 is 6.10 Å². The Hall–Kier alpha value is -0.910. The van der Waals surface area contributed by atoms with Crippen molar-refractivity contribution in [3.63, 3.8) is 0 Å². The lowest BCUT2D eigenvalue weighted by molar-refractivity contribution is 0.0357. The van der Waals surface area contributed by atoms with Gasteiger partial charge in [0.25, 0.3) is 0 Å². The fourth-order valence-electron chi connectivity index (χ4n) is 1.47. The number of aromatic nitrogens is 2. The van der Waals surface area contributed by atoms with Crippen LogP contribution < -0.4 is 5.32 Å². The van der Waals surface area contributed by atoms with Crippen LogP contribution in [0.5, 0.6) is 0 Å². The minimum atomic E-state index is -0.444. The number of nitrogens with zero attached hydrogens (tertiary/aromatic N) is 2. The van der Waals surface area contributed by atoms with E-state index in [0.29, 0.717) is 19.7 Å². The van der Waals surface area contributed by atoms with Crippen LogP contribution in [0, 0.1) is 0 Å². The SMILES string of the molecule is CCCCOCC(O)CNCc1ccnn1C. The number of aliphatic hydroxyl groups excluding tert-OH is 1. The van der Waals surface area contributed by atoms with Crippen molar-refractivity contribution in [2.75, 3.05) is 19.8 Å².